The average Bonchev–Trinajstić information content (AvgIpc) is 2.37. The van der Waals surface area contributed by atoms with E-state index >= 15 is 0 Å². The molecule has 104 valence electrons. The van der Waals surface area contributed by atoms with Crippen LogP contribution in [0.5, 0.6) is 5.75 Å². The van der Waals surface area contributed by atoms with E-state index in [1.165, 1.54) is 18.2 Å². The Balaban J connectivity index is 2.38. The van der Waals surface area contributed by atoms with Gasteiger partial charge in [-0.05, 0) is 12.1 Å². The van der Waals surface area contributed by atoms with Crippen LogP contribution in [0.25, 0.3) is 0 Å². The van der Waals surface area contributed by atoms with Crippen molar-refractivity contribution in [2.24, 2.45) is 0 Å². The lowest BCUT2D eigenvalue weighted by atomic mass is 10.1. The number of halogens is 3. The first-order valence-electron chi connectivity index (χ1n) is 5.68. The Morgan fingerprint density at radius 2 is 1.95 bits per heavy atom. The molecule has 0 unspecified atom stereocenters. The zero-order chi connectivity index (χ0) is 13.9. The Morgan fingerprint density at radius 1 is 1.26 bits per heavy atom. The molecule has 0 aliphatic carbocycles. The fraction of sp³-hybridized carbons (Fsp3) is 0.417. The van der Waals surface area contributed by atoms with E-state index in [0.717, 1.165) is 0 Å². The zero-order valence-electron chi connectivity index (χ0n) is 9.94. The van der Waals surface area contributed by atoms with Crippen molar-refractivity contribution in [3.63, 3.8) is 0 Å². The SMILES string of the molecule is O=Cc1cccc(OC(F)(F)F)c1N1CCOCC1. The number of alkyl halides is 3. The second kappa shape index (κ2) is 5.48. The molecule has 0 saturated carbocycles. The second-order valence-corrected chi connectivity index (χ2v) is 3.96. The van der Waals surface area contributed by atoms with Crippen LogP contribution in [0.15, 0.2) is 18.2 Å². The van der Waals surface area contributed by atoms with Crippen molar-refractivity contribution >= 4 is 12.0 Å². The second-order valence-electron chi connectivity index (χ2n) is 3.96. The molecule has 0 bridgehead atoms. The maximum Gasteiger partial charge on any atom is 0.573 e. The summed E-state index contributed by atoms with van der Waals surface area (Å²) in [7, 11) is 0. The van der Waals surface area contributed by atoms with Gasteiger partial charge in [0.2, 0.25) is 0 Å². The maximum atomic E-state index is 12.4. The van der Waals surface area contributed by atoms with Gasteiger partial charge in [-0.2, -0.15) is 0 Å². The fourth-order valence-corrected chi connectivity index (χ4v) is 1.97. The molecule has 1 fully saturated rings. The van der Waals surface area contributed by atoms with Crippen molar-refractivity contribution in [1.29, 1.82) is 0 Å². The predicted molar refractivity (Wildman–Crippen MR) is 61.5 cm³/mol. The third-order valence-electron chi connectivity index (χ3n) is 2.71. The molecule has 7 heteroatoms. The average molecular weight is 275 g/mol. The number of hydrogen-bond acceptors (Lipinski definition) is 4. The molecule has 0 aromatic heterocycles. The summed E-state index contributed by atoms with van der Waals surface area (Å²) < 4.78 is 46.2. The first-order chi connectivity index (χ1) is 9.01. The van der Waals surface area contributed by atoms with Gasteiger partial charge in [-0.25, -0.2) is 0 Å². The third-order valence-corrected chi connectivity index (χ3v) is 2.71. The molecule has 1 aromatic carbocycles. The molecule has 2 rings (SSSR count). The molecular weight excluding hydrogens is 263 g/mol. The van der Waals surface area contributed by atoms with Crippen LogP contribution in [-0.4, -0.2) is 39.0 Å². The van der Waals surface area contributed by atoms with E-state index in [1.54, 1.807) is 4.90 Å². The van der Waals surface area contributed by atoms with E-state index in [4.69, 9.17) is 4.74 Å². The molecule has 0 amide bonds. The molecule has 0 radical (unpaired) electrons. The monoisotopic (exact) mass is 275 g/mol. The van der Waals surface area contributed by atoms with Gasteiger partial charge in [-0.15, -0.1) is 13.2 Å². The molecule has 1 heterocycles. The highest BCUT2D eigenvalue weighted by Gasteiger charge is 2.33. The minimum absolute atomic E-state index is 0.165. The van der Waals surface area contributed by atoms with Gasteiger partial charge >= 0.3 is 6.36 Å². The Labute approximate surface area is 107 Å². The Morgan fingerprint density at radius 3 is 2.53 bits per heavy atom. The summed E-state index contributed by atoms with van der Waals surface area (Å²) in [6.45, 7) is 1.63. The number of morpholine rings is 1. The minimum atomic E-state index is -4.79. The minimum Gasteiger partial charge on any atom is -0.404 e. The summed E-state index contributed by atoms with van der Waals surface area (Å²) in [4.78, 5) is 12.7. The van der Waals surface area contributed by atoms with Gasteiger partial charge in [-0.1, -0.05) is 6.07 Å². The molecule has 4 nitrogen and oxygen atoms in total. The molecule has 1 aliphatic rings. The summed E-state index contributed by atoms with van der Waals surface area (Å²) in [5.74, 6) is -0.362. The van der Waals surface area contributed by atoms with Gasteiger partial charge in [0.15, 0.2) is 12.0 Å². The largest absolute Gasteiger partial charge is 0.573 e. The number of hydrogen-bond donors (Lipinski definition) is 0. The fourth-order valence-electron chi connectivity index (χ4n) is 1.97. The molecule has 1 aliphatic heterocycles. The zero-order valence-corrected chi connectivity index (χ0v) is 9.94. The molecular formula is C12H12F3NO3. The lowest BCUT2D eigenvalue weighted by Crippen LogP contribution is -2.37. The topological polar surface area (TPSA) is 38.8 Å². The van der Waals surface area contributed by atoms with E-state index in [2.05, 4.69) is 4.74 Å². The Hall–Kier alpha value is -1.76. The quantitative estimate of drug-likeness (QED) is 0.793. The van der Waals surface area contributed by atoms with Gasteiger partial charge in [0, 0.05) is 18.7 Å². The summed E-state index contributed by atoms with van der Waals surface area (Å²) >= 11 is 0. The van der Waals surface area contributed by atoms with Crippen LogP contribution in [0.3, 0.4) is 0 Å². The van der Waals surface area contributed by atoms with E-state index in [9.17, 15) is 18.0 Å². The van der Waals surface area contributed by atoms with Gasteiger partial charge in [-0.3, -0.25) is 4.79 Å². The van der Waals surface area contributed by atoms with Gasteiger partial charge in [0.25, 0.3) is 0 Å². The Kier molecular flexibility index (Phi) is 3.94. The number of carbonyl (C=O) groups excluding carboxylic acids is 1. The van der Waals surface area contributed by atoms with Crippen molar-refractivity contribution in [3.8, 4) is 5.75 Å². The number of carbonyl (C=O) groups is 1. The number of nitrogens with zero attached hydrogens (tertiary/aromatic N) is 1. The first kappa shape index (κ1) is 13.7. The summed E-state index contributed by atoms with van der Waals surface area (Å²) in [6.07, 6.45) is -4.27. The van der Waals surface area contributed by atoms with E-state index in [0.29, 0.717) is 32.6 Å². The summed E-state index contributed by atoms with van der Waals surface area (Å²) in [6, 6.07) is 4.01. The van der Waals surface area contributed by atoms with Crippen LogP contribution < -0.4 is 9.64 Å². The van der Waals surface area contributed by atoms with E-state index in [-0.39, 0.29) is 17.0 Å². The van der Waals surface area contributed by atoms with Crippen LogP contribution >= 0.6 is 0 Å². The number of rotatable bonds is 3. The third kappa shape index (κ3) is 3.37. The van der Waals surface area contributed by atoms with Crippen molar-refractivity contribution in [2.45, 2.75) is 6.36 Å². The van der Waals surface area contributed by atoms with Crippen molar-refractivity contribution in [3.05, 3.63) is 23.8 Å². The number of anilines is 1. The van der Waals surface area contributed by atoms with Gasteiger partial charge in [0.05, 0.1) is 18.9 Å². The molecule has 0 spiro atoms. The number of benzene rings is 1. The highest BCUT2D eigenvalue weighted by molar-refractivity contribution is 5.87. The lowest BCUT2D eigenvalue weighted by Gasteiger charge is -2.31. The van der Waals surface area contributed by atoms with Crippen LogP contribution in [0.2, 0.25) is 0 Å². The lowest BCUT2D eigenvalue weighted by molar-refractivity contribution is -0.274. The van der Waals surface area contributed by atoms with Crippen molar-refractivity contribution in [2.75, 3.05) is 31.2 Å². The highest BCUT2D eigenvalue weighted by atomic mass is 19.4. The van der Waals surface area contributed by atoms with Crippen LogP contribution in [0.1, 0.15) is 10.4 Å². The number of para-hydroxylation sites is 1. The number of aldehydes is 1. The normalized spacial score (nSPS) is 16.3. The van der Waals surface area contributed by atoms with Crippen LogP contribution in [-0.2, 0) is 4.74 Å². The van der Waals surface area contributed by atoms with Gasteiger partial charge in [0.1, 0.15) is 0 Å². The van der Waals surface area contributed by atoms with Crippen LogP contribution in [0, 0.1) is 0 Å². The van der Waals surface area contributed by atoms with Crippen molar-refractivity contribution < 1.29 is 27.4 Å². The predicted octanol–water partition coefficient (Wildman–Crippen LogP) is 2.23. The molecule has 1 aromatic rings. The Bertz CT molecular complexity index is 456. The highest BCUT2D eigenvalue weighted by Crippen LogP contribution is 2.35. The smallest absolute Gasteiger partial charge is 0.404 e. The summed E-state index contributed by atoms with van der Waals surface area (Å²) in [5, 5.41) is 0. The standard InChI is InChI=1S/C12H12F3NO3/c13-12(14,15)19-10-3-1-2-9(8-17)11(10)16-4-6-18-7-5-16/h1-3,8H,4-7H2. The molecule has 19 heavy (non-hydrogen) atoms. The van der Waals surface area contributed by atoms with Crippen LogP contribution in [0.4, 0.5) is 18.9 Å². The van der Waals surface area contributed by atoms with Gasteiger partial charge < -0.3 is 14.4 Å². The maximum absolute atomic E-state index is 12.4. The molecule has 0 N–H and O–H groups in total. The first-order valence-corrected chi connectivity index (χ1v) is 5.68. The summed E-state index contributed by atoms with van der Waals surface area (Å²) in [5.41, 5.74) is 0.335. The van der Waals surface area contributed by atoms with E-state index < -0.39 is 6.36 Å². The van der Waals surface area contributed by atoms with E-state index in [1.807, 2.05) is 0 Å². The molecule has 0 atom stereocenters. The van der Waals surface area contributed by atoms with Crippen molar-refractivity contribution in [1.82, 2.24) is 0 Å². The number of ether oxygens (including phenoxy) is 2. The molecule has 1 saturated heterocycles.